The van der Waals surface area contributed by atoms with Crippen molar-refractivity contribution in [3.05, 3.63) is 47.9 Å². The molecular weight excluding hydrogens is 364 g/mol. The molecule has 0 spiro atoms. The standard InChI is InChI=1S/C19H21ClN6O/c20-15-3-1-2-4-16(15)25-17(27)11-26-9-6-13(7-10-26)24-19-14-5-8-21-18(14)22-12-23-19/h1-5,8,12-13H,6-7,9-11H2,(H,25,27)(H2,21,22,23,24). The van der Waals surface area contributed by atoms with Crippen LogP contribution in [0.5, 0.6) is 0 Å². The lowest BCUT2D eigenvalue weighted by Gasteiger charge is -2.32. The molecule has 3 heterocycles. The number of amides is 1. The summed E-state index contributed by atoms with van der Waals surface area (Å²) >= 11 is 6.09. The van der Waals surface area contributed by atoms with Crippen molar-refractivity contribution in [3.8, 4) is 0 Å². The summed E-state index contributed by atoms with van der Waals surface area (Å²) in [5, 5.41) is 7.94. The van der Waals surface area contributed by atoms with Crippen LogP contribution in [0.1, 0.15) is 12.8 Å². The van der Waals surface area contributed by atoms with Gasteiger partial charge in [-0.25, -0.2) is 9.97 Å². The third-order valence-electron chi connectivity index (χ3n) is 4.80. The van der Waals surface area contributed by atoms with Gasteiger partial charge in [0.15, 0.2) is 0 Å². The Morgan fingerprint density at radius 1 is 1.22 bits per heavy atom. The van der Waals surface area contributed by atoms with E-state index in [1.165, 1.54) is 0 Å². The van der Waals surface area contributed by atoms with E-state index in [9.17, 15) is 4.79 Å². The van der Waals surface area contributed by atoms with Gasteiger partial charge < -0.3 is 15.6 Å². The Balaban J connectivity index is 1.28. The van der Waals surface area contributed by atoms with Gasteiger partial charge in [0.05, 0.1) is 22.6 Å². The van der Waals surface area contributed by atoms with E-state index >= 15 is 0 Å². The zero-order valence-corrected chi connectivity index (χ0v) is 15.5. The van der Waals surface area contributed by atoms with Crippen molar-refractivity contribution in [2.75, 3.05) is 30.3 Å². The number of hydrogen-bond donors (Lipinski definition) is 3. The third-order valence-corrected chi connectivity index (χ3v) is 5.13. The van der Waals surface area contributed by atoms with Crippen molar-refractivity contribution >= 4 is 40.0 Å². The largest absolute Gasteiger partial charge is 0.367 e. The number of benzene rings is 1. The summed E-state index contributed by atoms with van der Waals surface area (Å²) < 4.78 is 0. The van der Waals surface area contributed by atoms with Gasteiger partial charge in [-0.15, -0.1) is 0 Å². The Morgan fingerprint density at radius 2 is 2.04 bits per heavy atom. The number of H-pyrrole nitrogens is 1. The number of aromatic nitrogens is 3. The van der Waals surface area contributed by atoms with Crippen LogP contribution in [0.25, 0.3) is 11.0 Å². The second kappa shape index (κ2) is 7.94. The molecule has 1 saturated heterocycles. The number of para-hydroxylation sites is 1. The molecule has 1 aromatic carbocycles. The average Bonchev–Trinajstić information content (AvgIpc) is 3.15. The van der Waals surface area contributed by atoms with Gasteiger partial charge in [0, 0.05) is 25.3 Å². The molecule has 4 rings (SSSR count). The smallest absolute Gasteiger partial charge is 0.238 e. The SMILES string of the molecule is O=C(CN1CCC(Nc2ncnc3[nH]ccc23)CC1)Nc1ccccc1Cl. The molecule has 0 radical (unpaired) electrons. The van der Waals surface area contributed by atoms with Crippen LogP contribution in [0, 0.1) is 0 Å². The fourth-order valence-electron chi connectivity index (χ4n) is 3.37. The van der Waals surface area contributed by atoms with Gasteiger partial charge in [-0.05, 0) is 31.0 Å². The third kappa shape index (κ3) is 4.20. The molecule has 8 heteroatoms. The zero-order valence-electron chi connectivity index (χ0n) is 14.8. The van der Waals surface area contributed by atoms with E-state index in [4.69, 9.17) is 11.6 Å². The van der Waals surface area contributed by atoms with Gasteiger partial charge >= 0.3 is 0 Å². The Morgan fingerprint density at radius 3 is 2.85 bits per heavy atom. The van der Waals surface area contributed by atoms with Crippen molar-refractivity contribution in [3.63, 3.8) is 0 Å². The summed E-state index contributed by atoms with van der Waals surface area (Å²) in [4.78, 5) is 26.1. The monoisotopic (exact) mass is 384 g/mol. The predicted octanol–water partition coefficient (Wildman–Crippen LogP) is 3.13. The molecule has 0 bridgehead atoms. The molecule has 3 N–H and O–H groups in total. The van der Waals surface area contributed by atoms with Gasteiger partial charge in [0.1, 0.15) is 17.8 Å². The molecule has 7 nitrogen and oxygen atoms in total. The number of carbonyl (C=O) groups is 1. The average molecular weight is 385 g/mol. The first-order chi connectivity index (χ1) is 13.2. The molecule has 0 aliphatic carbocycles. The predicted molar refractivity (Wildman–Crippen MR) is 107 cm³/mol. The van der Waals surface area contributed by atoms with Crippen LogP contribution in [0.2, 0.25) is 5.02 Å². The number of likely N-dealkylation sites (tertiary alicyclic amines) is 1. The highest BCUT2D eigenvalue weighted by molar-refractivity contribution is 6.33. The van der Waals surface area contributed by atoms with Gasteiger partial charge in [-0.3, -0.25) is 9.69 Å². The summed E-state index contributed by atoms with van der Waals surface area (Å²) in [6, 6.07) is 9.58. The van der Waals surface area contributed by atoms with Crippen LogP contribution in [0.15, 0.2) is 42.9 Å². The summed E-state index contributed by atoms with van der Waals surface area (Å²) in [6.07, 6.45) is 5.34. The number of nitrogens with one attached hydrogen (secondary N) is 3. The molecule has 2 aromatic heterocycles. The van der Waals surface area contributed by atoms with Crippen molar-refractivity contribution < 1.29 is 4.79 Å². The van der Waals surface area contributed by atoms with Crippen LogP contribution in [-0.2, 0) is 4.79 Å². The van der Waals surface area contributed by atoms with E-state index < -0.39 is 0 Å². The molecule has 1 aliphatic rings. The molecule has 0 unspecified atom stereocenters. The summed E-state index contributed by atoms with van der Waals surface area (Å²) in [5.74, 6) is 0.815. The highest BCUT2D eigenvalue weighted by Crippen LogP contribution is 2.22. The number of aromatic amines is 1. The number of anilines is 2. The quantitative estimate of drug-likeness (QED) is 0.629. The van der Waals surface area contributed by atoms with Crippen LogP contribution < -0.4 is 10.6 Å². The van der Waals surface area contributed by atoms with E-state index in [0.717, 1.165) is 42.8 Å². The van der Waals surface area contributed by atoms with Gasteiger partial charge in [-0.1, -0.05) is 23.7 Å². The first kappa shape index (κ1) is 17.8. The van der Waals surface area contributed by atoms with E-state index in [0.29, 0.717) is 23.3 Å². The lowest BCUT2D eigenvalue weighted by atomic mass is 10.0. The number of piperidine rings is 1. The minimum atomic E-state index is -0.0423. The highest BCUT2D eigenvalue weighted by atomic mass is 35.5. The molecule has 1 fully saturated rings. The minimum Gasteiger partial charge on any atom is -0.367 e. The topological polar surface area (TPSA) is 85.9 Å². The van der Waals surface area contributed by atoms with Gasteiger partial charge in [0.2, 0.25) is 5.91 Å². The summed E-state index contributed by atoms with van der Waals surface area (Å²) in [5.41, 5.74) is 1.49. The second-order valence-electron chi connectivity index (χ2n) is 6.69. The maximum atomic E-state index is 12.3. The first-order valence-corrected chi connectivity index (χ1v) is 9.38. The van der Waals surface area contributed by atoms with Crippen molar-refractivity contribution in [2.24, 2.45) is 0 Å². The van der Waals surface area contributed by atoms with Crippen LogP contribution in [-0.4, -0.2) is 51.4 Å². The number of halogens is 1. The van der Waals surface area contributed by atoms with Crippen LogP contribution in [0.4, 0.5) is 11.5 Å². The maximum Gasteiger partial charge on any atom is 0.238 e. The number of rotatable bonds is 5. The fourth-order valence-corrected chi connectivity index (χ4v) is 3.55. The molecule has 3 aromatic rings. The summed E-state index contributed by atoms with van der Waals surface area (Å²) in [6.45, 7) is 2.08. The fraction of sp³-hybridized carbons (Fsp3) is 0.316. The minimum absolute atomic E-state index is 0.0423. The van der Waals surface area contributed by atoms with Crippen LogP contribution in [0.3, 0.4) is 0 Å². The number of fused-ring (bicyclic) bond motifs is 1. The van der Waals surface area contributed by atoms with Crippen molar-refractivity contribution in [2.45, 2.75) is 18.9 Å². The Kier molecular flexibility index (Phi) is 5.22. The summed E-state index contributed by atoms with van der Waals surface area (Å²) in [7, 11) is 0. The number of nitrogens with zero attached hydrogens (tertiary/aromatic N) is 3. The molecule has 1 amide bonds. The molecule has 0 saturated carbocycles. The molecule has 140 valence electrons. The van der Waals surface area contributed by atoms with E-state index in [1.807, 2.05) is 24.4 Å². The van der Waals surface area contributed by atoms with Crippen LogP contribution >= 0.6 is 11.6 Å². The van der Waals surface area contributed by atoms with E-state index in [2.05, 4.69) is 30.5 Å². The molecular formula is C19H21ClN6O. The first-order valence-electron chi connectivity index (χ1n) is 9.00. The Bertz CT molecular complexity index is 935. The van der Waals surface area contributed by atoms with E-state index in [-0.39, 0.29) is 5.91 Å². The highest BCUT2D eigenvalue weighted by Gasteiger charge is 2.22. The zero-order chi connectivity index (χ0) is 18.6. The number of carbonyl (C=O) groups excluding carboxylic acids is 1. The molecule has 27 heavy (non-hydrogen) atoms. The Labute approximate surface area is 162 Å². The molecule has 0 atom stereocenters. The van der Waals surface area contributed by atoms with Gasteiger partial charge in [-0.2, -0.15) is 0 Å². The second-order valence-corrected chi connectivity index (χ2v) is 7.09. The van der Waals surface area contributed by atoms with Crippen molar-refractivity contribution in [1.82, 2.24) is 19.9 Å². The van der Waals surface area contributed by atoms with E-state index in [1.54, 1.807) is 18.5 Å². The van der Waals surface area contributed by atoms with Gasteiger partial charge in [0.25, 0.3) is 0 Å². The normalized spacial score (nSPS) is 15.7. The lowest BCUT2D eigenvalue weighted by molar-refractivity contribution is -0.117. The maximum absolute atomic E-state index is 12.3. The lowest BCUT2D eigenvalue weighted by Crippen LogP contribution is -2.42. The molecule has 1 aliphatic heterocycles. The number of hydrogen-bond acceptors (Lipinski definition) is 5. The van der Waals surface area contributed by atoms with Crippen molar-refractivity contribution in [1.29, 1.82) is 0 Å². The Hall–Kier alpha value is -2.64.